The summed E-state index contributed by atoms with van der Waals surface area (Å²) in [5.74, 6) is -2.76. The van der Waals surface area contributed by atoms with E-state index >= 15 is 0 Å². The van der Waals surface area contributed by atoms with Gasteiger partial charge in [-0.15, -0.1) is 0 Å². The number of carboxylic acids is 1. The van der Waals surface area contributed by atoms with Crippen LogP contribution >= 0.6 is 23.2 Å². The van der Waals surface area contributed by atoms with E-state index in [1.165, 1.54) is 37.4 Å². The summed E-state index contributed by atoms with van der Waals surface area (Å²) in [5.41, 5.74) is 0.231. The Morgan fingerprint density at radius 3 is 2.50 bits per heavy atom. The molecule has 0 saturated heterocycles. The predicted molar refractivity (Wildman–Crippen MR) is 118 cm³/mol. The first-order valence-electron chi connectivity index (χ1n) is 9.28. The molecule has 3 rings (SSSR count). The van der Waals surface area contributed by atoms with E-state index in [4.69, 9.17) is 28.3 Å². The summed E-state index contributed by atoms with van der Waals surface area (Å²) in [6.07, 6.45) is 1.09. The summed E-state index contributed by atoms with van der Waals surface area (Å²) in [7, 11) is 0. The third-order valence-corrected chi connectivity index (χ3v) is 5.49. The second-order valence-electron chi connectivity index (χ2n) is 7.02. The molecular formula is C23H15Cl2FN2O4. The lowest BCUT2D eigenvalue weighted by molar-refractivity contribution is -0.121. The van der Waals surface area contributed by atoms with Crippen LogP contribution < -0.4 is 5.56 Å². The summed E-state index contributed by atoms with van der Waals surface area (Å²) in [4.78, 5) is 36.4. The van der Waals surface area contributed by atoms with Gasteiger partial charge in [0.15, 0.2) is 5.78 Å². The topological polar surface area (TPSA) is 100 Å². The molecule has 0 saturated carbocycles. The zero-order valence-corrected chi connectivity index (χ0v) is 18.1. The lowest BCUT2D eigenvalue weighted by Gasteiger charge is -2.16. The van der Waals surface area contributed by atoms with E-state index in [9.17, 15) is 24.0 Å². The minimum Gasteiger partial charge on any atom is -0.478 e. The number of aromatic carboxylic acids is 1. The number of halogens is 3. The van der Waals surface area contributed by atoms with Gasteiger partial charge in [0.1, 0.15) is 5.82 Å². The van der Waals surface area contributed by atoms with E-state index < -0.39 is 34.7 Å². The zero-order valence-electron chi connectivity index (χ0n) is 16.6. The minimum atomic E-state index is -1.41. The second-order valence-corrected chi connectivity index (χ2v) is 7.86. The first-order chi connectivity index (χ1) is 15.1. The van der Waals surface area contributed by atoms with Crippen molar-refractivity contribution in [3.63, 3.8) is 0 Å². The molecule has 0 aliphatic rings. The quantitative estimate of drug-likeness (QED) is 0.549. The SMILES string of the molecule is CC(C(=O)Cc1ccc(C(=O)O)c(F)c1)n1cc(Cl)c(-c2cc(Cl)ccc2C#N)cc1=O. The molecule has 1 N–H and O–H groups in total. The van der Waals surface area contributed by atoms with E-state index in [1.807, 2.05) is 6.07 Å². The highest BCUT2D eigenvalue weighted by Gasteiger charge is 2.20. The molecule has 9 heteroatoms. The Labute approximate surface area is 192 Å². The molecule has 0 fully saturated rings. The smallest absolute Gasteiger partial charge is 0.338 e. The first-order valence-corrected chi connectivity index (χ1v) is 10.0. The molecule has 162 valence electrons. The Hall–Kier alpha value is -3.47. The van der Waals surface area contributed by atoms with Crippen LogP contribution in [0.2, 0.25) is 10.0 Å². The number of nitrogens with zero attached hydrogens (tertiary/aromatic N) is 2. The van der Waals surface area contributed by atoms with Crippen molar-refractivity contribution >= 4 is 35.0 Å². The van der Waals surface area contributed by atoms with Crippen molar-refractivity contribution in [2.75, 3.05) is 0 Å². The fourth-order valence-corrected chi connectivity index (χ4v) is 3.65. The lowest BCUT2D eigenvalue weighted by atomic mass is 10.0. The Morgan fingerprint density at radius 1 is 1.16 bits per heavy atom. The fraction of sp³-hybridized carbons (Fsp3) is 0.130. The molecule has 0 aliphatic heterocycles. The molecule has 1 aromatic heterocycles. The van der Waals surface area contributed by atoms with Gasteiger partial charge in [0.25, 0.3) is 5.56 Å². The van der Waals surface area contributed by atoms with Crippen LogP contribution in [0.4, 0.5) is 4.39 Å². The van der Waals surface area contributed by atoms with Gasteiger partial charge in [0, 0.05) is 34.8 Å². The average Bonchev–Trinajstić information content (AvgIpc) is 2.74. The number of ketones is 1. The van der Waals surface area contributed by atoms with E-state index in [2.05, 4.69) is 0 Å². The number of hydrogen-bond acceptors (Lipinski definition) is 4. The molecule has 0 aliphatic carbocycles. The molecular weight excluding hydrogens is 458 g/mol. The lowest BCUT2D eigenvalue weighted by Crippen LogP contribution is -2.28. The standard InChI is InChI=1S/C23H15Cl2FN2O4/c1-12(21(29)7-13-2-5-16(23(31)32)20(26)6-13)28-11-19(25)18(9-22(28)30)17-8-15(24)4-3-14(17)10-27/h2-6,8-9,11-12H,7H2,1H3,(H,31,32). The monoisotopic (exact) mass is 472 g/mol. The number of carboxylic acid groups (broad SMARTS) is 1. The van der Waals surface area contributed by atoms with E-state index in [0.29, 0.717) is 16.1 Å². The summed E-state index contributed by atoms with van der Waals surface area (Å²) in [6, 6.07) is 10.3. The van der Waals surface area contributed by atoms with Crippen LogP contribution in [0, 0.1) is 17.1 Å². The van der Waals surface area contributed by atoms with Gasteiger partial charge in [-0.05, 0) is 42.8 Å². The highest BCUT2D eigenvalue weighted by Crippen LogP contribution is 2.31. The molecule has 0 amide bonds. The highest BCUT2D eigenvalue weighted by molar-refractivity contribution is 6.33. The van der Waals surface area contributed by atoms with Crippen molar-refractivity contribution in [1.29, 1.82) is 5.26 Å². The third-order valence-electron chi connectivity index (χ3n) is 4.95. The Morgan fingerprint density at radius 2 is 1.88 bits per heavy atom. The number of nitriles is 1. The van der Waals surface area contributed by atoms with Gasteiger partial charge in [-0.2, -0.15) is 5.26 Å². The third kappa shape index (κ3) is 4.72. The van der Waals surface area contributed by atoms with Gasteiger partial charge in [-0.1, -0.05) is 29.3 Å². The highest BCUT2D eigenvalue weighted by atomic mass is 35.5. The van der Waals surface area contributed by atoms with E-state index in [0.717, 1.165) is 16.7 Å². The molecule has 6 nitrogen and oxygen atoms in total. The van der Waals surface area contributed by atoms with Crippen molar-refractivity contribution < 1.29 is 19.1 Å². The van der Waals surface area contributed by atoms with Gasteiger partial charge in [-0.25, -0.2) is 9.18 Å². The summed E-state index contributed by atoms with van der Waals surface area (Å²) in [5, 5.41) is 18.7. The number of hydrogen-bond donors (Lipinski definition) is 1. The second kappa shape index (κ2) is 9.35. The maximum atomic E-state index is 13.9. The van der Waals surface area contributed by atoms with Crippen molar-refractivity contribution in [1.82, 2.24) is 4.57 Å². The summed E-state index contributed by atoms with van der Waals surface area (Å²) in [6.45, 7) is 1.50. The molecule has 0 spiro atoms. The Kier molecular flexibility index (Phi) is 6.78. The summed E-state index contributed by atoms with van der Waals surface area (Å²) < 4.78 is 15.0. The molecule has 1 heterocycles. The number of rotatable bonds is 6. The maximum Gasteiger partial charge on any atom is 0.338 e. The number of carbonyl (C=O) groups excluding carboxylic acids is 1. The van der Waals surface area contributed by atoms with E-state index in [-0.39, 0.29) is 22.6 Å². The Balaban J connectivity index is 1.91. The van der Waals surface area contributed by atoms with Crippen LogP contribution in [0.5, 0.6) is 0 Å². The largest absolute Gasteiger partial charge is 0.478 e. The maximum absolute atomic E-state index is 13.9. The fourth-order valence-electron chi connectivity index (χ4n) is 3.21. The van der Waals surface area contributed by atoms with Crippen LogP contribution in [0.1, 0.15) is 34.5 Å². The number of aromatic nitrogens is 1. The van der Waals surface area contributed by atoms with Crippen LogP contribution in [0.15, 0.2) is 53.5 Å². The minimum absolute atomic E-state index is 0.139. The van der Waals surface area contributed by atoms with Crippen molar-refractivity contribution in [3.05, 3.63) is 91.6 Å². The van der Waals surface area contributed by atoms with Gasteiger partial charge in [-0.3, -0.25) is 9.59 Å². The average molecular weight is 473 g/mol. The van der Waals surface area contributed by atoms with E-state index in [1.54, 1.807) is 6.07 Å². The molecule has 1 atom stereocenters. The van der Waals surface area contributed by atoms with Gasteiger partial charge in [0.2, 0.25) is 0 Å². The molecule has 0 bridgehead atoms. The van der Waals surface area contributed by atoms with Crippen LogP contribution in [0.25, 0.3) is 11.1 Å². The number of carbonyl (C=O) groups is 2. The van der Waals surface area contributed by atoms with Crippen LogP contribution in [0.3, 0.4) is 0 Å². The first kappa shape index (κ1) is 23.2. The van der Waals surface area contributed by atoms with Gasteiger partial charge < -0.3 is 9.67 Å². The number of pyridine rings is 1. The predicted octanol–water partition coefficient (Wildman–Crippen LogP) is 4.90. The zero-order chi connectivity index (χ0) is 23.6. The van der Waals surface area contributed by atoms with Gasteiger partial charge >= 0.3 is 5.97 Å². The molecule has 0 radical (unpaired) electrons. The van der Waals surface area contributed by atoms with Crippen LogP contribution in [-0.4, -0.2) is 21.4 Å². The Bertz CT molecular complexity index is 1340. The number of benzene rings is 2. The molecule has 2 aromatic carbocycles. The van der Waals surface area contributed by atoms with Crippen molar-refractivity contribution in [3.8, 4) is 17.2 Å². The number of Topliss-reactive ketones (excluding diaryl/α,β-unsaturated/α-hetero) is 1. The van der Waals surface area contributed by atoms with Crippen LogP contribution in [-0.2, 0) is 11.2 Å². The normalized spacial score (nSPS) is 11.6. The molecule has 3 aromatic rings. The molecule has 1 unspecified atom stereocenters. The van der Waals surface area contributed by atoms with Crippen molar-refractivity contribution in [2.45, 2.75) is 19.4 Å². The summed E-state index contributed by atoms with van der Waals surface area (Å²) >= 11 is 12.4. The molecule has 32 heavy (non-hydrogen) atoms. The van der Waals surface area contributed by atoms with Gasteiger partial charge in [0.05, 0.1) is 28.3 Å². The van der Waals surface area contributed by atoms with Crippen molar-refractivity contribution in [2.24, 2.45) is 0 Å².